The van der Waals surface area contributed by atoms with Gasteiger partial charge >= 0.3 is 18.3 Å². The lowest BCUT2D eigenvalue weighted by molar-refractivity contribution is -0.174. The van der Waals surface area contributed by atoms with Gasteiger partial charge < -0.3 is 26.2 Å². The minimum Gasteiger partial charge on any atom is -0.460 e. The maximum Gasteiger partial charge on any atom is 0.416 e. The van der Waals surface area contributed by atoms with Crippen molar-refractivity contribution >= 4 is 17.9 Å². The number of carbonyl (C=O) groups is 1. The number of alkyl halides is 6. The quantitative estimate of drug-likeness (QED) is 0.335. The molecule has 0 aliphatic carbocycles. The van der Waals surface area contributed by atoms with Crippen LogP contribution in [0.4, 0.5) is 26.3 Å². The minimum atomic E-state index is -5.07. The average molecular weight is 524 g/mol. The molecule has 1 fully saturated rings. The van der Waals surface area contributed by atoms with Gasteiger partial charge in [-0.25, -0.2) is 9.98 Å². The second-order valence-corrected chi connectivity index (χ2v) is 8.78. The summed E-state index contributed by atoms with van der Waals surface area (Å²) in [6.45, 7) is 0.953. The van der Waals surface area contributed by atoms with Gasteiger partial charge in [-0.2, -0.15) is 31.4 Å². The molecule has 3 heterocycles. The molecule has 0 radical (unpaired) electrons. The lowest BCUT2D eigenvalue weighted by Gasteiger charge is -2.48. The van der Waals surface area contributed by atoms with Crippen molar-refractivity contribution in [2.45, 2.75) is 49.5 Å². The van der Waals surface area contributed by atoms with E-state index >= 15 is 0 Å². The summed E-state index contributed by atoms with van der Waals surface area (Å²) in [5.74, 6) is -2.28. The number of esters is 1. The Hall–Kier alpha value is -3.27. The number of guanidine groups is 2. The first-order valence-corrected chi connectivity index (χ1v) is 10.6. The predicted molar refractivity (Wildman–Crippen MR) is 110 cm³/mol. The number of aliphatic hydroxyl groups is 1. The van der Waals surface area contributed by atoms with E-state index in [1.54, 1.807) is 6.92 Å². The summed E-state index contributed by atoms with van der Waals surface area (Å²) >= 11 is 0. The highest BCUT2D eigenvalue weighted by Gasteiger charge is 2.68. The molecule has 5 atom stereocenters. The molecule has 3 unspecified atom stereocenters. The number of hydrogen-bond acceptors (Lipinski definition) is 10. The molecule has 1 spiro atoms. The number of nitrogens with two attached hydrogens (primary N) is 2. The van der Waals surface area contributed by atoms with Crippen LogP contribution >= 0.6 is 0 Å². The molecular formula is C20H22F6N6O4. The minimum absolute atomic E-state index is 0.0365. The van der Waals surface area contributed by atoms with Crippen molar-refractivity contribution in [2.24, 2.45) is 27.4 Å². The van der Waals surface area contributed by atoms with Gasteiger partial charge in [0.25, 0.3) is 0 Å². The molecular weight excluding hydrogens is 502 g/mol. The number of benzene rings is 1. The second-order valence-electron chi connectivity index (χ2n) is 8.78. The van der Waals surface area contributed by atoms with Gasteiger partial charge in [0.1, 0.15) is 18.2 Å². The molecule has 4 rings (SSSR count). The molecule has 6 N–H and O–H groups in total. The van der Waals surface area contributed by atoms with Crippen LogP contribution in [0.25, 0.3) is 0 Å². The van der Waals surface area contributed by atoms with Crippen LogP contribution in [-0.2, 0) is 28.3 Å². The largest absolute Gasteiger partial charge is 0.460 e. The molecule has 1 aromatic rings. The number of rotatable bonds is 4. The third-order valence-corrected chi connectivity index (χ3v) is 6.69. The van der Waals surface area contributed by atoms with Crippen LogP contribution in [-0.4, -0.2) is 75.2 Å². The Balaban J connectivity index is 1.59. The Morgan fingerprint density at radius 2 is 1.69 bits per heavy atom. The summed E-state index contributed by atoms with van der Waals surface area (Å²) in [6.07, 6.45) is -12.0. The molecule has 0 bridgehead atoms. The van der Waals surface area contributed by atoms with Gasteiger partial charge in [0.2, 0.25) is 5.96 Å². The van der Waals surface area contributed by atoms with Crippen LogP contribution in [0, 0.1) is 5.92 Å². The topological polar surface area (TPSA) is 150 Å². The van der Waals surface area contributed by atoms with E-state index in [1.165, 1.54) is 4.90 Å². The lowest BCUT2D eigenvalue weighted by atomic mass is 9.83. The summed E-state index contributed by atoms with van der Waals surface area (Å²) in [5.41, 5.74) is 6.69. The maximum absolute atomic E-state index is 13.1. The molecule has 198 valence electrons. The maximum atomic E-state index is 13.1. The zero-order valence-corrected chi connectivity index (χ0v) is 18.6. The van der Waals surface area contributed by atoms with E-state index in [0.29, 0.717) is 17.2 Å². The molecule has 10 nitrogen and oxygen atoms in total. The van der Waals surface area contributed by atoms with E-state index in [0.717, 1.165) is 0 Å². The Morgan fingerprint density at radius 3 is 2.22 bits per heavy atom. The van der Waals surface area contributed by atoms with Crippen LogP contribution in [0.3, 0.4) is 0 Å². The summed E-state index contributed by atoms with van der Waals surface area (Å²) in [7, 11) is 0. The molecule has 36 heavy (non-hydrogen) atoms. The first-order valence-electron chi connectivity index (χ1n) is 10.6. The third kappa shape index (κ3) is 3.97. The number of nitrogens with zero attached hydrogens (tertiary/aromatic N) is 4. The lowest BCUT2D eigenvalue weighted by Crippen LogP contribution is -2.71. The van der Waals surface area contributed by atoms with Crippen LogP contribution < -0.4 is 11.5 Å². The number of aliphatic hydroxyl groups excluding tert-OH is 1. The van der Waals surface area contributed by atoms with Gasteiger partial charge in [0.15, 0.2) is 11.6 Å². The number of hydroxylamine groups is 2. The van der Waals surface area contributed by atoms with Gasteiger partial charge in [0.05, 0.1) is 30.7 Å². The first kappa shape index (κ1) is 25.8. The number of hydrogen-bond donors (Lipinski definition) is 4. The van der Waals surface area contributed by atoms with Crippen molar-refractivity contribution in [2.75, 3.05) is 13.2 Å². The second kappa shape index (κ2) is 8.40. The molecule has 0 amide bonds. The zero-order chi connectivity index (χ0) is 26.8. The molecule has 1 aromatic carbocycles. The van der Waals surface area contributed by atoms with Crippen molar-refractivity contribution in [3.8, 4) is 0 Å². The summed E-state index contributed by atoms with van der Waals surface area (Å²) in [5, 5.41) is 21.1. The first-order chi connectivity index (χ1) is 16.6. The van der Waals surface area contributed by atoms with Crippen LogP contribution in [0.5, 0.6) is 0 Å². The number of aliphatic imine (C=N–C) groups is 2. The van der Waals surface area contributed by atoms with Crippen LogP contribution in [0.2, 0.25) is 0 Å². The Bertz CT molecular complexity index is 1090. The highest BCUT2D eigenvalue weighted by molar-refractivity contribution is 5.86. The molecule has 0 saturated carbocycles. The fraction of sp³-hybridized carbons (Fsp3) is 0.550. The summed E-state index contributed by atoms with van der Waals surface area (Å²) in [6, 6.07) is -0.921. The van der Waals surface area contributed by atoms with E-state index in [1.807, 2.05) is 0 Å². The summed E-state index contributed by atoms with van der Waals surface area (Å²) in [4.78, 5) is 22.3. The van der Waals surface area contributed by atoms with Crippen molar-refractivity contribution in [3.63, 3.8) is 0 Å². The predicted octanol–water partition coefficient (Wildman–Crippen LogP) is 0.904. The van der Waals surface area contributed by atoms with Gasteiger partial charge in [0, 0.05) is 5.92 Å². The number of ether oxygens (including phenoxy) is 1. The molecule has 0 aromatic heterocycles. The standard InChI is InChI=1S/C20H22F6N6O4/c1-8-13(6-31-16(27)29-12(7-33)15-18(8,31)32(35)17(28)30-15)36-14(34)4-9-2-10(19(21,22)23)5-11(3-9)20(24,25)26/h2-3,5,8,12-13,15,33,35H,4,6-7H2,1H3,(H2,27,29)(H2,28,30)/t8?,12-,13-,15?,18?/m0/s1. The Morgan fingerprint density at radius 1 is 1.11 bits per heavy atom. The van der Waals surface area contributed by atoms with Crippen molar-refractivity contribution in [1.29, 1.82) is 0 Å². The molecule has 3 aliphatic rings. The fourth-order valence-electron chi connectivity index (χ4n) is 5.08. The summed E-state index contributed by atoms with van der Waals surface area (Å²) < 4.78 is 84.2. The zero-order valence-electron chi connectivity index (χ0n) is 18.6. The van der Waals surface area contributed by atoms with Crippen molar-refractivity contribution in [1.82, 2.24) is 9.96 Å². The highest BCUT2D eigenvalue weighted by Crippen LogP contribution is 2.48. The fourth-order valence-corrected chi connectivity index (χ4v) is 5.08. The van der Waals surface area contributed by atoms with E-state index in [-0.39, 0.29) is 24.5 Å². The monoisotopic (exact) mass is 524 g/mol. The average Bonchev–Trinajstić information content (AvgIpc) is 3.21. The van der Waals surface area contributed by atoms with E-state index in [9.17, 15) is 41.5 Å². The van der Waals surface area contributed by atoms with E-state index in [4.69, 9.17) is 16.2 Å². The van der Waals surface area contributed by atoms with E-state index in [2.05, 4.69) is 9.98 Å². The number of carbonyl (C=O) groups excluding carboxylic acids is 1. The smallest absolute Gasteiger partial charge is 0.416 e. The Labute approximate surface area is 199 Å². The van der Waals surface area contributed by atoms with Crippen LogP contribution in [0.15, 0.2) is 28.2 Å². The van der Waals surface area contributed by atoms with Crippen molar-refractivity contribution in [3.05, 3.63) is 34.9 Å². The molecule has 1 saturated heterocycles. The SMILES string of the molecule is CC1[C@@H](OC(=O)Cc2cc(C(F)(F)F)cc(C(F)(F)F)c2)CN2C(N)=N[C@@H](CO)C3N=C(N)N(O)C312. The third-order valence-electron chi connectivity index (χ3n) is 6.69. The Kier molecular flexibility index (Phi) is 6.02. The highest BCUT2D eigenvalue weighted by atomic mass is 19.4. The van der Waals surface area contributed by atoms with Gasteiger partial charge in [-0.15, -0.1) is 0 Å². The van der Waals surface area contributed by atoms with Gasteiger partial charge in [-0.3, -0.25) is 10.0 Å². The normalized spacial score (nSPS) is 30.0. The molecule has 3 aliphatic heterocycles. The van der Waals surface area contributed by atoms with Gasteiger partial charge in [-0.05, 0) is 23.8 Å². The van der Waals surface area contributed by atoms with Crippen LogP contribution in [0.1, 0.15) is 23.6 Å². The van der Waals surface area contributed by atoms with Crippen molar-refractivity contribution < 1.29 is 46.2 Å². The van der Waals surface area contributed by atoms with E-state index < -0.39 is 77.8 Å². The van der Waals surface area contributed by atoms with Gasteiger partial charge in [-0.1, -0.05) is 6.92 Å². The molecule has 16 heteroatoms. The number of halogens is 6.